The summed E-state index contributed by atoms with van der Waals surface area (Å²) in [5, 5.41) is 0.443. The molecule has 1 fully saturated rings. The van der Waals surface area contributed by atoms with Crippen molar-refractivity contribution in [3.8, 4) is 0 Å². The maximum Gasteiger partial charge on any atom is 0.245 e. The molecule has 1 aromatic rings. The molecular weight excluding hydrogens is 272 g/mol. The van der Waals surface area contributed by atoms with Crippen LogP contribution in [-0.4, -0.2) is 25.8 Å². The number of anilines is 1. The molecule has 1 heterocycles. The van der Waals surface area contributed by atoms with E-state index in [0.29, 0.717) is 24.0 Å². The van der Waals surface area contributed by atoms with Crippen molar-refractivity contribution in [2.24, 2.45) is 5.92 Å². The second-order valence-corrected chi connectivity index (χ2v) is 7.11. The van der Waals surface area contributed by atoms with Crippen LogP contribution in [0, 0.1) is 5.92 Å². The number of sulfonamides is 1. The molecule has 0 bridgehead atoms. The maximum atomic E-state index is 12.4. The molecule has 0 atom stereocenters. The lowest BCUT2D eigenvalue weighted by Gasteiger charge is -2.29. The topological polar surface area (TPSA) is 63.4 Å². The molecule has 100 valence electrons. The second-order valence-electron chi connectivity index (χ2n) is 4.77. The molecule has 2 rings (SSSR count). The standard InChI is InChI=1S/C12H17ClN2O2S/c1-9-4-6-15(7-5-9)18(16,17)12-3-2-10(13)8-11(12)14/h2-3,8-9H,4-7,14H2,1H3. The summed E-state index contributed by atoms with van der Waals surface area (Å²) >= 11 is 5.78. The smallest absolute Gasteiger partial charge is 0.245 e. The van der Waals surface area contributed by atoms with Crippen LogP contribution in [0.15, 0.2) is 23.1 Å². The van der Waals surface area contributed by atoms with Gasteiger partial charge in [-0.15, -0.1) is 0 Å². The molecule has 1 saturated heterocycles. The molecule has 4 nitrogen and oxygen atoms in total. The predicted octanol–water partition coefficient (Wildman–Crippen LogP) is 2.34. The highest BCUT2D eigenvalue weighted by atomic mass is 35.5. The molecule has 0 amide bonds. The molecule has 2 N–H and O–H groups in total. The van der Waals surface area contributed by atoms with Crippen molar-refractivity contribution in [2.45, 2.75) is 24.7 Å². The number of hydrogen-bond donors (Lipinski definition) is 1. The molecular formula is C12H17ClN2O2S. The summed E-state index contributed by atoms with van der Waals surface area (Å²) in [6.07, 6.45) is 1.79. The Morgan fingerprint density at radius 3 is 2.50 bits per heavy atom. The molecule has 18 heavy (non-hydrogen) atoms. The zero-order valence-electron chi connectivity index (χ0n) is 10.3. The molecule has 0 radical (unpaired) electrons. The molecule has 0 spiro atoms. The normalized spacial score (nSPS) is 19.0. The van der Waals surface area contributed by atoms with Gasteiger partial charge >= 0.3 is 0 Å². The number of nitrogens with two attached hydrogens (primary N) is 1. The van der Waals surface area contributed by atoms with Crippen molar-refractivity contribution in [2.75, 3.05) is 18.8 Å². The van der Waals surface area contributed by atoms with Crippen molar-refractivity contribution in [1.82, 2.24) is 4.31 Å². The van der Waals surface area contributed by atoms with Gasteiger partial charge in [-0.25, -0.2) is 8.42 Å². The molecule has 0 aliphatic carbocycles. The summed E-state index contributed by atoms with van der Waals surface area (Å²) < 4.78 is 26.4. The Bertz CT molecular complexity index is 537. The summed E-state index contributed by atoms with van der Waals surface area (Å²) in [4.78, 5) is 0.154. The number of nitrogens with zero attached hydrogens (tertiary/aromatic N) is 1. The van der Waals surface area contributed by atoms with Gasteiger partial charge in [0.15, 0.2) is 0 Å². The predicted molar refractivity (Wildman–Crippen MR) is 73.0 cm³/mol. The third-order valence-electron chi connectivity index (χ3n) is 3.33. The zero-order chi connectivity index (χ0) is 13.3. The van der Waals surface area contributed by atoms with Gasteiger partial charge in [0.25, 0.3) is 0 Å². The molecule has 0 unspecified atom stereocenters. The lowest BCUT2D eigenvalue weighted by atomic mass is 10.0. The van der Waals surface area contributed by atoms with E-state index in [1.807, 2.05) is 0 Å². The number of nitrogen functional groups attached to an aromatic ring is 1. The van der Waals surface area contributed by atoms with Gasteiger partial charge in [-0.2, -0.15) is 4.31 Å². The van der Waals surface area contributed by atoms with E-state index < -0.39 is 10.0 Å². The third kappa shape index (κ3) is 2.63. The molecule has 1 aliphatic rings. The van der Waals surface area contributed by atoms with Gasteiger partial charge in [0.05, 0.1) is 5.69 Å². The monoisotopic (exact) mass is 288 g/mol. The van der Waals surface area contributed by atoms with Crippen molar-refractivity contribution in [3.63, 3.8) is 0 Å². The maximum absolute atomic E-state index is 12.4. The van der Waals surface area contributed by atoms with E-state index in [2.05, 4.69) is 6.92 Å². The van der Waals surface area contributed by atoms with Crippen LogP contribution in [0.3, 0.4) is 0 Å². The fraction of sp³-hybridized carbons (Fsp3) is 0.500. The number of halogens is 1. The van der Waals surface area contributed by atoms with E-state index in [1.54, 1.807) is 6.07 Å². The largest absolute Gasteiger partial charge is 0.398 e. The van der Waals surface area contributed by atoms with Crippen molar-refractivity contribution >= 4 is 27.3 Å². The van der Waals surface area contributed by atoms with Crippen LogP contribution >= 0.6 is 11.6 Å². The average Bonchev–Trinajstić information content (AvgIpc) is 2.29. The van der Waals surface area contributed by atoms with Crippen molar-refractivity contribution in [1.29, 1.82) is 0 Å². The van der Waals surface area contributed by atoms with Crippen molar-refractivity contribution in [3.05, 3.63) is 23.2 Å². The molecule has 0 saturated carbocycles. The molecule has 1 aromatic carbocycles. The second kappa shape index (κ2) is 5.07. The molecule has 1 aliphatic heterocycles. The Morgan fingerprint density at radius 1 is 1.33 bits per heavy atom. The Hall–Kier alpha value is -0.780. The Balaban J connectivity index is 2.30. The number of benzene rings is 1. The van der Waals surface area contributed by atoms with E-state index in [1.165, 1.54) is 16.4 Å². The van der Waals surface area contributed by atoms with Gasteiger partial charge in [0.1, 0.15) is 4.90 Å². The highest BCUT2D eigenvalue weighted by Crippen LogP contribution is 2.28. The quantitative estimate of drug-likeness (QED) is 0.850. The van der Waals surface area contributed by atoms with E-state index in [0.717, 1.165) is 12.8 Å². The van der Waals surface area contributed by atoms with Crippen LogP contribution in [0.5, 0.6) is 0 Å². The first-order valence-electron chi connectivity index (χ1n) is 5.96. The first-order chi connectivity index (χ1) is 8.41. The van der Waals surface area contributed by atoms with E-state index in [9.17, 15) is 8.42 Å². The van der Waals surface area contributed by atoms with Gasteiger partial charge in [-0.05, 0) is 37.0 Å². The van der Waals surface area contributed by atoms with E-state index in [4.69, 9.17) is 17.3 Å². The zero-order valence-corrected chi connectivity index (χ0v) is 11.8. The Labute approximate surface area is 113 Å². The lowest BCUT2D eigenvalue weighted by molar-refractivity contribution is 0.288. The van der Waals surface area contributed by atoms with Crippen LogP contribution in [0.25, 0.3) is 0 Å². The number of rotatable bonds is 2. The molecule has 0 aromatic heterocycles. The minimum absolute atomic E-state index is 0.154. The Kier molecular flexibility index (Phi) is 3.84. The summed E-state index contributed by atoms with van der Waals surface area (Å²) in [7, 11) is -3.48. The van der Waals surface area contributed by atoms with Crippen LogP contribution < -0.4 is 5.73 Å². The van der Waals surface area contributed by atoms with Crippen LogP contribution in [0.1, 0.15) is 19.8 Å². The SMILES string of the molecule is CC1CCN(S(=O)(=O)c2ccc(Cl)cc2N)CC1. The first-order valence-corrected chi connectivity index (χ1v) is 7.78. The molecule has 6 heteroatoms. The summed E-state index contributed by atoms with van der Waals surface area (Å²) in [5.41, 5.74) is 5.96. The van der Waals surface area contributed by atoms with Gasteiger partial charge in [-0.1, -0.05) is 18.5 Å². The van der Waals surface area contributed by atoms with Gasteiger partial charge < -0.3 is 5.73 Å². The van der Waals surface area contributed by atoms with Gasteiger partial charge in [-0.3, -0.25) is 0 Å². The van der Waals surface area contributed by atoms with Gasteiger partial charge in [0.2, 0.25) is 10.0 Å². The number of hydrogen-bond acceptors (Lipinski definition) is 3. The fourth-order valence-corrected chi connectivity index (χ4v) is 3.87. The van der Waals surface area contributed by atoms with Crippen LogP contribution in [0.2, 0.25) is 5.02 Å². The van der Waals surface area contributed by atoms with E-state index in [-0.39, 0.29) is 10.6 Å². The highest BCUT2D eigenvalue weighted by molar-refractivity contribution is 7.89. The summed E-state index contributed by atoms with van der Waals surface area (Å²) in [6, 6.07) is 4.50. The van der Waals surface area contributed by atoms with Crippen LogP contribution in [-0.2, 0) is 10.0 Å². The minimum Gasteiger partial charge on any atom is -0.398 e. The first kappa shape index (κ1) is 13.6. The summed E-state index contributed by atoms with van der Waals surface area (Å²) in [6.45, 7) is 3.26. The third-order valence-corrected chi connectivity index (χ3v) is 5.54. The fourth-order valence-electron chi connectivity index (χ4n) is 2.12. The van der Waals surface area contributed by atoms with Crippen LogP contribution in [0.4, 0.5) is 5.69 Å². The van der Waals surface area contributed by atoms with Gasteiger partial charge in [0, 0.05) is 18.1 Å². The highest BCUT2D eigenvalue weighted by Gasteiger charge is 2.29. The summed E-state index contributed by atoms with van der Waals surface area (Å²) in [5.74, 6) is 0.582. The average molecular weight is 289 g/mol. The Morgan fingerprint density at radius 2 is 1.94 bits per heavy atom. The van der Waals surface area contributed by atoms with Crippen molar-refractivity contribution < 1.29 is 8.42 Å². The lowest BCUT2D eigenvalue weighted by Crippen LogP contribution is -2.38. The number of piperidine rings is 1. The minimum atomic E-state index is -3.48. The van der Waals surface area contributed by atoms with E-state index >= 15 is 0 Å².